The lowest BCUT2D eigenvalue weighted by Gasteiger charge is -2.02. The summed E-state index contributed by atoms with van der Waals surface area (Å²) in [6.45, 7) is 1.74. The first kappa shape index (κ1) is 11.8. The molecule has 0 atom stereocenters. The maximum absolute atomic E-state index is 11.2. The molecular formula is C12H10N4O2. The zero-order valence-corrected chi connectivity index (χ0v) is 9.67. The van der Waals surface area contributed by atoms with Gasteiger partial charge < -0.3 is 9.84 Å². The van der Waals surface area contributed by atoms with E-state index in [1.807, 2.05) is 0 Å². The summed E-state index contributed by atoms with van der Waals surface area (Å²) >= 11 is 0. The third kappa shape index (κ3) is 2.71. The highest BCUT2D eigenvalue weighted by atomic mass is 16.5. The topological polar surface area (TPSA) is 91.8 Å². The van der Waals surface area contributed by atoms with Gasteiger partial charge in [0.25, 0.3) is 5.89 Å². The lowest BCUT2D eigenvalue weighted by Crippen LogP contribution is -2.09. The molecule has 1 aromatic heterocycles. The monoisotopic (exact) mass is 242 g/mol. The van der Waals surface area contributed by atoms with Crippen molar-refractivity contribution in [1.82, 2.24) is 10.1 Å². The molecule has 1 heterocycles. The quantitative estimate of drug-likeness (QED) is 0.887. The number of aryl methyl sites for hydroxylation is 1. The minimum Gasteiger partial charge on any atom is -0.334 e. The Hall–Kier alpha value is -2.68. The van der Waals surface area contributed by atoms with Crippen LogP contribution in [0, 0.1) is 18.3 Å². The van der Waals surface area contributed by atoms with E-state index in [2.05, 4.69) is 15.5 Å². The van der Waals surface area contributed by atoms with E-state index in [4.69, 9.17) is 9.78 Å². The van der Waals surface area contributed by atoms with Gasteiger partial charge in [0.15, 0.2) is 5.82 Å². The summed E-state index contributed by atoms with van der Waals surface area (Å²) in [7, 11) is 0. The summed E-state index contributed by atoms with van der Waals surface area (Å²) in [4.78, 5) is 15.3. The zero-order chi connectivity index (χ0) is 13.0. The maximum atomic E-state index is 11.2. The summed E-state index contributed by atoms with van der Waals surface area (Å²) in [6.07, 6.45) is -0.162. The molecule has 0 unspecified atom stereocenters. The predicted octanol–water partition coefficient (Wildman–Crippen LogP) is 1.90. The molecule has 0 saturated carbocycles. The standard InChI is InChI=1S/C12H10N4O2/c1-8-14-12(18-16-8)9-2-4-10(5-3-9)15-11(17)6-7-13/h2-5H,6H2,1H3,(H,15,17). The zero-order valence-electron chi connectivity index (χ0n) is 9.67. The van der Waals surface area contributed by atoms with E-state index in [0.29, 0.717) is 17.4 Å². The maximum Gasteiger partial charge on any atom is 0.257 e. The minimum atomic E-state index is -0.334. The van der Waals surface area contributed by atoms with Gasteiger partial charge in [-0.05, 0) is 31.2 Å². The van der Waals surface area contributed by atoms with E-state index in [1.165, 1.54) is 0 Å². The van der Waals surface area contributed by atoms with Crippen molar-refractivity contribution >= 4 is 11.6 Å². The SMILES string of the molecule is Cc1noc(-c2ccc(NC(=O)CC#N)cc2)n1. The number of hydrogen-bond acceptors (Lipinski definition) is 5. The Balaban J connectivity index is 2.11. The van der Waals surface area contributed by atoms with E-state index in [1.54, 1.807) is 37.3 Å². The van der Waals surface area contributed by atoms with Crippen molar-refractivity contribution in [2.45, 2.75) is 13.3 Å². The number of carbonyl (C=O) groups excluding carboxylic acids is 1. The van der Waals surface area contributed by atoms with Gasteiger partial charge in [0.1, 0.15) is 6.42 Å². The molecule has 0 spiro atoms. The van der Waals surface area contributed by atoms with Crippen LogP contribution in [0.25, 0.3) is 11.5 Å². The summed E-state index contributed by atoms with van der Waals surface area (Å²) in [6, 6.07) is 8.73. The Morgan fingerprint density at radius 1 is 1.44 bits per heavy atom. The minimum absolute atomic E-state index is 0.162. The van der Waals surface area contributed by atoms with Crippen molar-refractivity contribution in [3.8, 4) is 17.5 Å². The second-order valence-corrected chi connectivity index (χ2v) is 3.61. The average molecular weight is 242 g/mol. The fourth-order valence-electron chi connectivity index (χ4n) is 1.39. The molecule has 2 rings (SSSR count). The first-order valence-electron chi connectivity index (χ1n) is 5.26. The van der Waals surface area contributed by atoms with E-state index >= 15 is 0 Å². The molecule has 0 aliphatic heterocycles. The van der Waals surface area contributed by atoms with Crippen molar-refractivity contribution in [1.29, 1.82) is 5.26 Å². The Labute approximate surface area is 103 Å². The van der Waals surface area contributed by atoms with Crippen molar-refractivity contribution in [3.63, 3.8) is 0 Å². The van der Waals surface area contributed by atoms with Crippen molar-refractivity contribution < 1.29 is 9.32 Å². The van der Waals surface area contributed by atoms with Crippen molar-refractivity contribution in [3.05, 3.63) is 30.1 Å². The number of benzene rings is 1. The number of amides is 1. The first-order chi connectivity index (χ1) is 8.69. The van der Waals surface area contributed by atoms with Gasteiger partial charge in [0.2, 0.25) is 5.91 Å². The highest BCUT2D eigenvalue weighted by Crippen LogP contribution is 2.19. The van der Waals surface area contributed by atoms with Crippen LogP contribution in [0.2, 0.25) is 0 Å². The number of nitrogens with zero attached hydrogens (tertiary/aromatic N) is 3. The molecule has 0 saturated heterocycles. The van der Waals surface area contributed by atoms with Gasteiger partial charge in [0.05, 0.1) is 6.07 Å². The first-order valence-corrected chi connectivity index (χ1v) is 5.26. The van der Waals surface area contributed by atoms with Crippen LogP contribution >= 0.6 is 0 Å². The number of nitrogens with one attached hydrogen (secondary N) is 1. The molecule has 1 amide bonds. The highest BCUT2D eigenvalue weighted by molar-refractivity contribution is 5.92. The van der Waals surface area contributed by atoms with Gasteiger partial charge in [-0.15, -0.1) is 0 Å². The second-order valence-electron chi connectivity index (χ2n) is 3.61. The van der Waals surface area contributed by atoms with Crippen LogP contribution in [0.1, 0.15) is 12.2 Å². The molecule has 90 valence electrons. The molecule has 18 heavy (non-hydrogen) atoms. The number of carbonyl (C=O) groups is 1. The van der Waals surface area contributed by atoms with Crippen LogP contribution in [-0.4, -0.2) is 16.0 Å². The molecular weight excluding hydrogens is 232 g/mol. The molecule has 0 radical (unpaired) electrons. The number of anilines is 1. The molecule has 2 aromatic rings. The van der Waals surface area contributed by atoms with E-state index in [0.717, 1.165) is 5.56 Å². The fraction of sp³-hybridized carbons (Fsp3) is 0.167. The van der Waals surface area contributed by atoms with Gasteiger partial charge in [0, 0.05) is 11.3 Å². The van der Waals surface area contributed by atoms with E-state index in [-0.39, 0.29) is 12.3 Å². The highest BCUT2D eigenvalue weighted by Gasteiger charge is 2.06. The van der Waals surface area contributed by atoms with Gasteiger partial charge in [-0.2, -0.15) is 10.2 Å². The molecule has 1 N–H and O–H groups in total. The van der Waals surface area contributed by atoms with Crippen LogP contribution in [-0.2, 0) is 4.79 Å². The van der Waals surface area contributed by atoms with Crippen molar-refractivity contribution in [2.75, 3.05) is 5.32 Å². The Kier molecular flexibility index (Phi) is 3.34. The van der Waals surface area contributed by atoms with Crippen LogP contribution in [0.3, 0.4) is 0 Å². The Morgan fingerprint density at radius 3 is 2.72 bits per heavy atom. The van der Waals surface area contributed by atoms with Gasteiger partial charge in [-0.25, -0.2) is 0 Å². The molecule has 0 aliphatic carbocycles. The normalized spacial score (nSPS) is 9.78. The third-order valence-electron chi connectivity index (χ3n) is 2.18. The third-order valence-corrected chi connectivity index (χ3v) is 2.18. The number of nitriles is 1. The smallest absolute Gasteiger partial charge is 0.257 e. The summed E-state index contributed by atoms with van der Waals surface area (Å²) in [5.74, 6) is 0.665. The average Bonchev–Trinajstić information content (AvgIpc) is 2.77. The largest absolute Gasteiger partial charge is 0.334 e. The lowest BCUT2D eigenvalue weighted by molar-refractivity contribution is -0.115. The van der Waals surface area contributed by atoms with Gasteiger partial charge >= 0.3 is 0 Å². The summed E-state index contributed by atoms with van der Waals surface area (Å²) < 4.78 is 5.02. The summed E-state index contributed by atoms with van der Waals surface area (Å²) in [5.41, 5.74) is 1.39. The van der Waals surface area contributed by atoms with Crippen molar-refractivity contribution in [2.24, 2.45) is 0 Å². The molecule has 6 heteroatoms. The van der Waals surface area contributed by atoms with Crippen LogP contribution in [0.15, 0.2) is 28.8 Å². The van der Waals surface area contributed by atoms with E-state index < -0.39 is 0 Å². The van der Waals surface area contributed by atoms with Crippen LogP contribution < -0.4 is 5.32 Å². The summed E-state index contributed by atoms with van der Waals surface area (Å²) in [5, 5.41) is 14.7. The molecule has 1 aromatic carbocycles. The Morgan fingerprint density at radius 2 is 2.17 bits per heavy atom. The Bertz CT molecular complexity index is 595. The fourth-order valence-corrected chi connectivity index (χ4v) is 1.39. The van der Waals surface area contributed by atoms with E-state index in [9.17, 15) is 4.79 Å². The van der Waals surface area contributed by atoms with Crippen LogP contribution in [0.4, 0.5) is 5.69 Å². The number of rotatable bonds is 3. The van der Waals surface area contributed by atoms with Crippen LogP contribution in [0.5, 0.6) is 0 Å². The lowest BCUT2D eigenvalue weighted by atomic mass is 10.2. The predicted molar refractivity (Wildman–Crippen MR) is 63.3 cm³/mol. The number of aromatic nitrogens is 2. The van der Waals surface area contributed by atoms with Gasteiger partial charge in [-0.1, -0.05) is 5.16 Å². The van der Waals surface area contributed by atoms with Gasteiger partial charge in [-0.3, -0.25) is 4.79 Å². The number of hydrogen-bond donors (Lipinski definition) is 1. The second kappa shape index (κ2) is 5.10. The molecule has 0 bridgehead atoms. The molecule has 0 fully saturated rings. The molecule has 0 aliphatic rings. The molecule has 6 nitrogen and oxygen atoms in total.